The summed E-state index contributed by atoms with van der Waals surface area (Å²) in [6.45, 7) is -1.39. The Hall–Kier alpha value is -0.920. The summed E-state index contributed by atoms with van der Waals surface area (Å²) in [5.41, 5.74) is 3.54. The second kappa shape index (κ2) is 35.4. The van der Waals surface area contributed by atoms with E-state index in [1.54, 1.807) is 6.26 Å². The number of esters is 1. The monoisotopic (exact) mass is 685 g/mol. The van der Waals surface area contributed by atoms with Gasteiger partial charge in [-0.1, -0.05) is 161 Å². The molecule has 0 aliphatic heterocycles. The summed E-state index contributed by atoms with van der Waals surface area (Å²) in [4.78, 5) is 24.6. The van der Waals surface area contributed by atoms with Crippen molar-refractivity contribution in [2.24, 2.45) is 0 Å². The first kappa shape index (κ1) is 31.1. The highest BCUT2D eigenvalue weighted by atomic mass is 31.2. The molecule has 0 heterocycles. The SMILES string of the molecule is [2H]C([2H])([2H])C([2H])([2H])C([2H])([2H])C([2H])([2H])CCCCCCCCCCCC(=O)O[C@H](CO/C=C\CCCCCCCCCCCCCC)COP(=O)([O-])OCC[NH3+]. The van der Waals surface area contributed by atoms with Gasteiger partial charge in [0.05, 0.1) is 19.4 Å². The summed E-state index contributed by atoms with van der Waals surface area (Å²) in [6, 6.07) is 0. The van der Waals surface area contributed by atoms with Crippen LogP contribution < -0.4 is 10.6 Å². The first-order chi connectivity index (χ1) is 25.8. The zero-order valence-corrected chi connectivity index (χ0v) is 29.9. The highest BCUT2D eigenvalue weighted by Gasteiger charge is 2.19. The number of hydrogen-bond acceptors (Lipinski definition) is 7. The van der Waals surface area contributed by atoms with Crippen molar-refractivity contribution in [3.05, 3.63) is 12.3 Å². The molecule has 0 rings (SSSR count). The molecule has 1 unspecified atom stereocenters. The van der Waals surface area contributed by atoms with Crippen molar-refractivity contribution in [2.45, 2.75) is 193 Å². The Balaban J connectivity index is 4.34. The van der Waals surface area contributed by atoms with Crippen molar-refractivity contribution in [1.82, 2.24) is 0 Å². The molecule has 0 aliphatic carbocycles. The number of carbonyl (C=O) groups is 1. The largest absolute Gasteiger partial charge is 0.756 e. The fourth-order valence-corrected chi connectivity index (χ4v) is 5.75. The zero-order chi connectivity index (χ0) is 41.7. The molecule has 46 heavy (non-hydrogen) atoms. The Morgan fingerprint density at radius 1 is 0.783 bits per heavy atom. The summed E-state index contributed by atoms with van der Waals surface area (Å²) in [6.07, 6.45) is 16.3. The summed E-state index contributed by atoms with van der Waals surface area (Å²) in [5.74, 6) is -0.478. The van der Waals surface area contributed by atoms with Crippen molar-refractivity contribution >= 4 is 13.8 Å². The Bertz CT molecular complexity index is 1050. The molecule has 0 aliphatic rings. The van der Waals surface area contributed by atoms with Crippen molar-refractivity contribution < 1.29 is 50.8 Å². The minimum Gasteiger partial charge on any atom is -0.756 e. The summed E-state index contributed by atoms with van der Waals surface area (Å²) in [5, 5.41) is 0. The lowest BCUT2D eigenvalue weighted by molar-refractivity contribution is -0.373. The second-order valence-electron chi connectivity index (χ2n) is 12.0. The summed E-state index contributed by atoms with van der Waals surface area (Å²) >= 11 is 0. The molecule has 2 atom stereocenters. The van der Waals surface area contributed by atoms with Crippen LogP contribution in [0.15, 0.2) is 12.3 Å². The van der Waals surface area contributed by atoms with Gasteiger partial charge in [0.1, 0.15) is 13.2 Å². The van der Waals surface area contributed by atoms with Crippen LogP contribution in [0.4, 0.5) is 0 Å². The molecule has 3 N–H and O–H groups in total. The predicted molar refractivity (Wildman–Crippen MR) is 188 cm³/mol. The van der Waals surface area contributed by atoms with Gasteiger partial charge in [0.2, 0.25) is 0 Å². The molecule has 0 spiro atoms. The van der Waals surface area contributed by atoms with Gasteiger partial charge in [0.25, 0.3) is 7.82 Å². The fourth-order valence-electron chi connectivity index (χ4n) is 4.98. The van der Waals surface area contributed by atoms with Gasteiger partial charge < -0.3 is 29.1 Å². The van der Waals surface area contributed by atoms with Gasteiger partial charge in [-0.05, 0) is 25.3 Å². The van der Waals surface area contributed by atoms with Crippen LogP contribution in [0.25, 0.3) is 0 Å². The molecular weight excluding hydrogens is 601 g/mol. The van der Waals surface area contributed by atoms with E-state index >= 15 is 0 Å². The molecule has 9 heteroatoms. The molecule has 0 saturated carbocycles. The number of rotatable bonds is 37. The number of hydrogen-bond donors (Lipinski definition) is 1. The summed E-state index contributed by atoms with van der Waals surface area (Å²) < 4.78 is 102. The van der Waals surface area contributed by atoms with Crippen molar-refractivity contribution in [1.29, 1.82) is 0 Å². The van der Waals surface area contributed by atoms with Crippen molar-refractivity contribution in [2.75, 3.05) is 26.4 Å². The molecule has 0 saturated heterocycles. The molecule has 0 aromatic carbocycles. The standard InChI is InChI=1S/C37H74NO7P/c1-3-5-7-9-11-13-15-17-19-21-23-25-27-29-32-42-34-36(35-44-46(40,41)43-33-31-38)45-37(39)30-28-26-24-22-20-18-16-14-12-10-8-6-4-2/h29,32,36H,3-28,30-31,33-35,38H2,1-2H3,(H,40,41)/b32-29-/t36-/m1/s1/i2D3,4D2,6D2,8D2. The van der Waals surface area contributed by atoms with Crippen molar-refractivity contribution in [3.63, 3.8) is 0 Å². The maximum atomic E-state index is 12.6. The van der Waals surface area contributed by atoms with Crippen LogP contribution in [0, 0.1) is 0 Å². The quantitative estimate of drug-likeness (QED) is 0.0299. The Morgan fingerprint density at radius 3 is 1.89 bits per heavy atom. The van der Waals surface area contributed by atoms with Crippen LogP contribution in [0.1, 0.15) is 199 Å². The van der Waals surface area contributed by atoms with E-state index in [0.29, 0.717) is 19.3 Å². The van der Waals surface area contributed by atoms with Crippen LogP contribution in [-0.2, 0) is 27.9 Å². The van der Waals surface area contributed by atoms with Crippen LogP contribution in [0.2, 0.25) is 0 Å². The topological polar surface area (TPSA) is 122 Å². The smallest absolute Gasteiger partial charge is 0.306 e. The molecule has 274 valence electrons. The van der Waals surface area contributed by atoms with E-state index < -0.39 is 52.5 Å². The molecule has 0 radical (unpaired) electrons. The van der Waals surface area contributed by atoms with E-state index in [4.69, 9.17) is 30.9 Å². The lowest BCUT2D eigenvalue weighted by Crippen LogP contribution is -2.52. The van der Waals surface area contributed by atoms with E-state index in [2.05, 4.69) is 12.7 Å². The molecule has 0 bridgehead atoms. The maximum absolute atomic E-state index is 12.6. The van der Waals surface area contributed by atoms with Gasteiger partial charge in [0.15, 0.2) is 6.10 Å². The number of unbranched alkanes of at least 4 members (excludes halogenated alkanes) is 20. The van der Waals surface area contributed by atoms with E-state index in [0.717, 1.165) is 57.8 Å². The highest BCUT2D eigenvalue weighted by molar-refractivity contribution is 7.45. The van der Waals surface area contributed by atoms with E-state index in [-0.39, 0.29) is 32.6 Å². The van der Waals surface area contributed by atoms with Gasteiger partial charge >= 0.3 is 5.97 Å². The van der Waals surface area contributed by atoms with Gasteiger partial charge in [0, 0.05) is 18.8 Å². The fraction of sp³-hybridized carbons (Fsp3) is 0.919. The second-order valence-corrected chi connectivity index (χ2v) is 13.4. The number of allylic oxidation sites excluding steroid dienone is 1. The van der Waals surface area contributed by atoms with E-state index in [1.807, 2.05) is 6.08 Å². The van der Waals surface area contributed by atoms with Gasteiger partial charge in [-0.25, -0.2) is 0 Å². The number of quaternary nitrogens is 1. The third kappa shape index (κ3) is 34.4. The molecule has 0 fully saturated rings. The predicted octanol–water partition coefficient (Wildman–Crippen LogP) is 9.74. The number of ether oxygens (including phenoxy) is 2. The molecule has 0 aromatic heterocycles. The number of phosphoric ester groups is 1. The van der Waals surface area contributed by atoms with Crippen LogP contribution in [0.3, 0.4) is 0 Å². The minimum atomic E-state index is -4.57. The zero-order valence-electron chi connectivity index (χ0n) is 38.0. The third-order valence-corrected chi connectivity index (χ3v) is 8.61. The Labute approximate surface area is 296 Å². The minimum absolute atomic E-state index is 0.0643. The van der Waals surface area contributed by atoms with Gasteiger partial charge in [-0.3, -0.25) is 9.36 Å². The maximum Gasteiger partial charge on any atom is 0.306 e. The third-order valence-electron chi connectivity index (χ3n) is 7.64. The molecule has 0 aromatic rings. The van der Waals surface area contributed by atoms with Crippen LogP contribution in [-0.4, -0.2) is 38.4 Å². The average Bonchev–Trinajstić information content (AvgIpc) is 3.11. The molecular formula is C37H74NO7P. The van der Waals surface area contributed by atoms with Crippen molar-refractivity contribution in [3.8, 4) is 0 Å². The van der Waals surface area contributed by atoms with E-state index in [9.17, 15) is 14.3 Å². The van der Waals surface area contributed by atoms with E-state index in [1.165, 1.54) is 64.2 Å². The number of carbonyl (C=O) groups excluding carboxylic acids is 1. The summed E-state index contributed by atoms with van der Waals surface area (Å²) in [7, 11) is -4.57. The highest BCUT2D eigenvalue weighted by Crippen LogP contribution is 2.38. The lowest BCUT2D eigenvalue weighted by Gasteiger charge is -2.25. The van der Waals surface area contributed by atoms with Crippen LogP contribution in [0.5, 0.6) is 0 Å². The Kier molecular flexibility index (Phi) is 23.9. The first-order valence-corrected chi connectivity index (χ1v) is 19.7. The normalized spacial score (nSPS) is 17.8. The number of phosphoric acid groups is 1. The Morgan fingerprint density at radius 2 is 1.33 bits per heavy atom. The first-order valence-electron chi connectivity index (χ1n) is 22.7. The van der Waals surface area contributed by atoms with Gasteiger partial charge in [-0.15, -0.1) is 0 Å². The lowest BCUT2D eigenvalue weighted by atomic mass is 10.0. The molecule has 0 amide bonds. The molecule has 8 nitrogen and oxygen atoms in total. The van der Waals surface area contributed by atoms with Gasteiger partial charge in [-0.2, -0.15) is 0 Å². The average molecular weight is 685 g/mol. The van der Waals surface area contributed by atoms with Crippen LogP contribution >= 0.6 is 7.82 Å².